The zero-order valence-electron chi connectivity index (χ0n) is 17.1. The van der Waals surface area contributed by atoms with Crippen LogP contribution in [0.25, 0.3) is 11.1 Å². The number of hydrogen-bond acceptors (Lipinski definition) is 1. The minimum Gasteiger partial charge on any atom is -0.366 e. The molecule has 0 saturated heterocycles. The van der Waals surface area contributed by atoms with Crippen molar-refractivity contribution in [3.63, 3.8) is 0 Å². The average Bonchev–Trinajstić information content (AvgIpc) is 2.85. The Kier molecular flexibility index (Phi) is 6.69. The van der Waals surface area contributed by atoms with Crippen molar-refractivity contribution >= 4 is 5.91 Å². The van der Waals surface area contributed by atoms with E-state index in [2.05, 4.69) is 44.4 Å². The van der Waals surface area contributed by atoms with E-state index in [4.69, 9.17) is 5.73 Å². The molecule has 0 fully saturated rings. The lowest BCUT2D eigenvalue weighted by Gasteiger charge is -2.21. The quantitative estimate of drug-likeness (QED) is 0.604. The van der Waals surface area contributed by atoms with E-state index in [0.29, 0.717) is 5.56 Å². The van der Waals surface area contributed by atoms with Crippen LogP contribution < -0.4 is 5.73 Å². The largest absolute Gasteiger partial charge is 0.366 e. The monoisotopic (exact) mass is 354 g/mol. The molecule has 1 amide bonds. The minimum absolute atomic E-state index is 0.247. The number of amides is 1. The van der Waals surface area contributed by atoms with Gasteiger partial charge in [-0.2, -0.15) is 0 Å². The van der Waals surface area contributed by atoms with E-state index in [1.165, 1.54) is 18.5 Å². The van der Waals surface area contributed by atoms with Gasteiger partial charge in [0.1, 0.15) is 0 Å². The highest BCUT2D eigenvalue weighted by Gasteiger charge is 2.25. The van der Waals surface area contributed by atoms with E-state index < -0.39 is 0 Å². The molecule has 0 aliphatic heterocycles. The fraction of sp³-hybridized carbons (Fsp3) is 0.522. The summed E-state index contributed by atoms with van der Waals surface area (Å²) in [5.41, 5.74) is 11.2. The highest BCUT2D eigenvalue weighted by molar-refractivity contribution is 6.02. The summed E-state index contributed by atoms with van der Waals surface area (Å²) in [6.07, 6.45) is 5.56. The van der Waals surface area contributed by atoms with Gasteiger partial charge in [0, 0.05) is 23.5 Å². The first-order chi connectivity index (χ1) is 12.3. The van der Waals surface area contributed by atoms with Crippen LogP contribution in [0.15, 0.2) is 30.3 Å². The first-order valence-electron chi connectivity index (χ1n) is 9.83. The number of carbonyl (C=O) groups is 1. The van der Waals surface area contributed by atoms with Crippen LogP contribution in [0.1, 0.15) is 75.1 Å². The first-order valence-corrected chi connectivity index (χ1v) is 9.83. The zero-order chi connectivity index (χ0) is 19.3. The van der Waals surface area contributed by atoms with Crippen molar-refractivity contribution in [2.45, 2.75) is 73.3 Å². The zero-order valence-corrected chi connectivity index (χ0v) is 17.1. The number of unbranched alkanes of at least 4 members (excludes halogenated alkanes) is 2. The van der Waals surface area contributed by atoms with Crippen LogP contribution in [-0.2, 0) is 13.0 Å². The van der Waals surface area contributed by atoms with Gasteiger partial charge in [-0.15, -0.1) is 0 Å². The molecule has 2 N–H and O–H groups in total. The van der Waals surface area contributed by atoms with E-state index >= 15 is 0 Å². The molecule has 1 aromatic heterocycles. The van der Waals surface area contributed by atoms with Crippen molar-refractivity contribution in [3.8, 4) is 11.1 Å². The third-order valence-corrected chi connectivity index (χ3v) is 5.04. The van der Waals surface area contributed by atoms with Gasteiger partial charge in [0.15, 0.2) is 0 Å². The van der Waals surface area contributed by atoms with Crippen LogP contribution in [-0.4, -0.2) is 10.5 Å². The lowest BCUT2D eigenvalue weighted by atomic mass is 9.92. The second-order valence-corrected chi connectivity index (χ2v) is 8.43. The topological polar surface area (TPSA) is 48.0 Å². The molecule has 26 heavy (non-hydrogen) atoms. The number of carbonyl (C=O) groups excluding carboxylic acids is 1. The van der Waals surface area contributed by atoms with Crippen molar-refractivity contribution in [1.29, 1.82) is 0 Å². The Morgan fingerprint density at radius 3 is 2.31 bits per heavy atom. The van der Waals surface area contributed by atoms with Gasteiger partial charge in [-0.1, -0.05) is 70.9 Å². The summed E-state index contributed by atoms with van der Waals surface area (Å²) in [7, 11) is 0. The Morgan fingerprint density at radius 1 is 1.12 bits per heavy atom. The second-order valence-electron chi connectivity index (χ2n) is 8.43. The molecule has 2 rings (SSSR count). The van der Waals surface area contributed by atoms with Gasteiger partial charge in [0.25, 0.3) is 5.91 Å². The summed E-state index contributed by atoms with van der Waals surface area (Å²) in [6, 6.07) is 10.2. The molecule has 0 radical (unpaired) electrons. The maximum Gasteiger partial charge on any atom is 0.251 e. The Bertz CT molecular complexity index is 736. The normalized spacial score (nSPS) is 11.7. The molecule has 0 saturated carbocycles. The van der Waals surface area contributed by atoms with Crippen molar-refractivity contribution in [3.05, 3.63) is 47.3 Å². The summed E-state index contributed by atoms with van der Waals surface area (Å²) in [4.78, 5) is 12.3. The van der Waals surface area contributed by atoms with E-state index in [-0.39, 0.29) is 11.3 Å². The maximum absolute atomic E-state index is 12.3. The van der Waals surface area contributed by atoms with Gasteiger partial charge in [0.2, 0.25) is 0 Å². The van der Waals surface area contributed by atoms with E-state index in [1.807, 2.05) is 25.1 Å². The summed E-state index contributed by atoms with van der Waals surface area (Å²) in [5.74, 6) is -0.326. The van der Waals surface area contributed by atoms with Gasteiger partial charge in [0.05, 0.1) is 5.56 Å². The van der Waals surface area contributed by atoms with Crippen LogP contribution in [0.4, 0.5) is 0 Å². The van der Waals surface area contributed by atoms with Crippen LogP contribution >= 0.6 is 0 Å². The average molecular weight is 355 g/mol. The third-order valence-electron chi connectivity index (χ3n) is 5.04. The smallest absolute Gasteiger partial charge is 0.251 e. The lowest BCUT2D eigenvalue weighted by molar-refractivity contribution is 0.1000. The van der Waals surface area contributed by atoms with Gasteiger partial charge >= 0.3 is 0 Å². The lowest BCUT2D eigenvalue weighted by Crippen LogP contribution is -2.15. The molecule has 0 aliphatic rings. The molecular formula is C23H34N2O. The number of nitrogens with two attached hydrogens (primary N) is 1. The highest BCUT2D eigenvalue weighted by atomic mass is 16.1. The molecular weight excluding hydrogens is 320 g/mol. The number of hydrogen-bond donors (Lipinski definition) is 1. The van der Waals surface area contributed by atoms with Gasteiger partial charge in [-0.25, -0.2) is 0 Å². The van der Waals surface area contributed by atoms with Gasteiger partial charge in [-0.05, 0) is 37.2 Å². The van der Waals surface area contributed by atoms with Crippen LogP contribution in [0.5, 0.6) is 0 Å². The molecule has 0 atom stereocenters. The fourth-order valence-corrected chi connectivity index (χ4v) is 3.57. The summed E-state index contributed by atoms with van der Waals surface area (Å²) < 4.78 is 2.35. The van der Waals surface area contributed by atoms with Crippen LogP contribution in [0.3, 0.4) is 0 Å². The first kappa shape index (κ1) is 20.3. The third kappa shape index (κ3) is 4.78. The molecule has 0 aliphatic carbocycles. The highest BCUT2D eigenvalue weighted by Crippen LogP contribution is 2.35. The fourth-order valence-electron chi connectivity index (χ4n) is 3.57. The number of nitrogens with zero attached hydrogens (tertiary/aromatic N) is 1. The van der Waals surface area contributed by atoms with Crippen LogP contribution in [0, 0.1) is 12.3 Å². The molecule has 0 bridgehead atoms. The number of primary amides is 1. The minimum atomic E-state index is -0.326. The van der Waals surface area contributed by atoms with E-state index in [0.717, 1.165) is 42.6 Å². The molecule has 142 valence electrons. The van der Waals surface area contributed by atoms with Crippen molar-refractivity contribution < 1.29 is 4.79 Å². The Balaban J connectivity index is 2.60. The predicted molar refractivity (Wildman–Crippen MR) is 110 cm³/mol. The Morgan fingerprint density at radius 2 is 1.77 bits per heavy atom. The summed E-state index contributed by atoms with van der Waals surface area (Å²) in [5, 5.41) is 0. The standard InChI is InChI=1S/C23H34N2O/c1-6-7-9-14-19-21(18-12-10-8-11-13-18)20(22(24)26)17(2)25(19)16-15-23(3,4)5/h8,10-13H,6-7,9,14-16H2,1-5H3,(H2,24,26). The second kappa shape index (κ2) is 8.57. The molecule has 1 aromatic carbocycles. The van der Waals surface area contributed by atoms with E-state index in [1.54, 1.807) is 0 Å². The molecule has 0 spiro atoms. The van der Waals surface area contributed by atoms with Crippen molar-refractivity contribution in [2.75, 3.05) is 0 Å². The Hall–Kier alpha value is -2.03. The summed E-state index contributed by atoms with van der Waals surface area (Å²) in [6.45, 7) is 12.0. The molecule has 1 heterocycles. The van der Waals surface area contributed by atoms with Gasteiger partial charge < -0.3 is 10.3 Å². The molecule has 2 aromatic rings. The number of aromatic nitrogens is 1. The van der Waals surface area contributed by atoms with E-state index in [9.17, 15) is 4.79 Å². The van der Waals surface area contributed by atoms with Gasteiger partial charge in [-0.3, -0.25) is 4.79 Å². The maximum atomic E-state index is 12.3. The molecule has 3 nitrogen and oxygen atoms in total. The summed E-state index contributed by atoms with van der Waals surface area (Å²) >= 11 is 0. The predicted octanol–water partition coefficient (Wildman–Crippen LogP) is 5.73. The van der Waals surface area contributed by atoms with Crippen molar-refractivity contribution in [2.24, 2.45) is 11.1 Å². The number of benzene rings is 1. The molecule has 3 heteroatoms. The van der Waals surface area contributed by atoms with Crippen molar-refractivity contribution in [1.82, 2.24) is 4.57 Å². The van der Waals surface area contributed by atoms with Crippen LogP contribution in [0.2, 0.25) is 0 Å². The SMILES string of the molecule is CCCCCc1c(-c2ccccc2)c(C(N)=O)c(C)n1CCC(C)(C)C. The number of rotatable bonds is 8. The Labute approximate surface area is 158 Å². The molecule has 0 unspecified atom stereocenters.